The number of carbonyl (C=O) groups is 1. The van der Waals surface area contributed by atoms with Crippen molar-refractivity contribution >= 4 is 16.7 Å². The minimum Gasteiger partial charge on any atom is -0.360 e. The van der Waals surface area contributed by atoms with Gasteiger partial charge in [0.2, 0.25) is 0 Å². The molecule has 3 nitrogen and oxygen atoms in total. The summed E-state index contributed by atoms with van der Waals surface area (Å²) >= 11 is 0. The van der Waals surface area contributed by atoms with E-state index in [4.69, 9.17) is 5.73 Å². The molecule has 2 rings (SSSR count). The van der Waals surface area contributed by atoms with Crippen molar-refractivity contribution in [3.05, 3.63) is 36.0 Å². The molecule has 0 bridgehead atoms. The first-order valence-electron chi connectivity index (χ1n) is 5.95. The third-order valence-electron chi connectivity index (χ3n) is 3.25. The summed E-state index contributed by atoms with van der Waals surface area (Å²) in [5, 5.41) is 0.983. The highest BCUT2D eigenvalue weighted by Gasteiger charge is 2.23. The van der Waals surface area contributed by atoms with E-state index in [0.717, 1.165) is 16.5 Å². The Morgan fingerprint density at radius 2 is 2.06 bits per heavy atom. The largest absolute Gasteiger partial charge is 0.360 e. The smallest absolute Gasteiger partial charge is 0.169 e. The van der Waals surface area contributed by atoms with Gasteiger partial charge in [0.1, 0.15) is 0 Å². The minimum atomic E-state index is -0.103. The molecule has 0 aliphatic heterocycles. The van der Waals surface area contributed by atoms with E-state index in [-0.39, 0.29) is 17.6 Å². The van der Waals surface area contributed by atoms with E-state index in [9.17, 15) is 4.79 Å². The molecule has 90 valence electrons. The Morgan fingerprint density at radius 1 is 1.35 bits per heavy atom. The normalized spacial score (nSPS) is 13.2. The van der Waals surface area contributed by atoms with Gasteiger partial charge < -0.3 is 10.7 Å². The number of nitrogens with two attached hydrogens (primary N) is 1. The molecule has 3 heteroatoms. The van der Waals surface area contributed by atoms with Gasteiger partial charge in [-0.15, -0.1) is 0 Å². The first kappa shape index (κ1) is 11.9. The van der Waals surface area contributed by atoms with Crippen LogP contribution in [-0.2, 0) is 0 Å². The Bertz CT molecular complexity index is 528. The molecule has 1 heterocycles. The predicted molar refractivity (Wildman–Crippen MR) is 70.0 cm³/mol. The average Bonchev–Trinajstić information content (AvgIpc) is 2.72. The molecule has 0 radical (unpaired) electrons. The first-order chi connectivity index (χ1) is 8.15. The SMILES string of the molecule is CC(C)C(CN)C(=O)c1c[nH]c2ccccc12. The number of fused-ring (bicyclic) bond motifs is 1. The van der Waals surface area contributed by atoms with Crippen LogP contribution >= 0.6 is 0 Å². The van der Waals surface area contributed by atoms with Gasteiger partial charge in [-0.25, -0.2) is 0 Å². The monoisotopic (exact) mass is 230 g/mol. The van der Waals surface area contributed by atoms with Crippen LogP contribution in [0.25, 0.3) is 10.9 Å². The van der Waals surface area contributed by atoms with Gasteiger partial charge in [-0.2, -0.15) is 0 Å². The van der Waals surface area contributed by atoms with Crippen LogP contribution in [-0.4, -0.2) is 17.3 Å². The molecule has 3 N–H and O–H groups in total. The second-order valence-electron chi connectivity index (χ2n) is 4.70. The van der Waals surface area contributed by atoms with E-state index in [2.05, 4.69) is 4.98 Å². The highest BCUT2D eigenvalue weighted by Crippen LogP contribution is 2.23. The van der Waals surface area contributed by atoms with Gasteiger partial charge in [0, 0.05) is 35.1 Å². The summed E-state index contributed by atoms with van der Waals surface area (Å²) in [6.45, 7) is 4.46. The molecule has 0 amide bonds. The van der Waals surface area contributed by atoms with Gasteiger partial charge >= 0.3 is 0 Å². The summed E-state index contributed by atoms with van der Waals surface area (Å²) in [6.07, 6.45) is 1.79. The van der Waals surface area contributed by atoms with Gasteiger partial charge in [-0.05, 0) is 12.0 Å². The molecule has 1 aromatic heterocycles. The molecule has 1 atom stereocenters. The Labute approximate surface area is 101 Å². The van der Waals surface area contributed by atoms with Crippen LogP contribution in [0.3, 0.4) is 0 Å². The van der Waals surface area contributed by atoms with Gasteiger partial charge in [0.05, 0.1) is 0 Å². The number of benzene rings is 1. The fourth-order valence-corrected chi connectivity index (χ4v) is 2.16. The molecule has 0 aliphatic rings. The fourth-order valence-electron chi connectivity index (χ4n) is 2.16. The van der Waals surface area contributed by atoms with Gasteiger partial charge in [0.15, 0.2) is 5.78 Å². The minimum absolute atomic E-state index is 0.103. The van der Waals surface area contributed by atoms with E-state index in [1.54, 1.807) is 6.20 Å². The number of nitrogens with one attached hydrogen (secondary N) is 1. The number of hydrogen-bond donors (Lipinski definition) is 2. The van der Waals surface area contributed by atoms with Crippen LogP contribution in [0.4, 0.5) is 0 Å². The molecule has 1 aromatic carbocycles. The second kappa shape index (κ2) is 4.72. The lowest BCUT2D eigenvalue weighted by molar-refractivity contribution is 0.0894. The zero-order valence-corrected chi connectivity index (χ0v) is 10.2. The third kappa shape index (κ3) is 2.11. The molecular weight excluding hydrogens is 212 g/mol. The van der Waals surface area contributed by atoms with Crippen LogP contribution in [0.1, 0.15) is 24.2 Å². The van der Waals surface area contributed by atoms with Crippen LogP contribution in [0.5, 0.6) is 0 Å². The molecule has 0 spiro atoms. The quantitative estimate of drug-likeness (QED) is 0.793. The van der Waals surface area contributed by atoms with E-state index < -0.39 is 0 Å². The van der Waals surface area contributed by atoms with Crippen molar-refractivity contribution in [1.82, 2.24) is 4.98 Å². The number of aromatic amines is 1. The number of para-hydroxylation sites is 1. The van der Waals surface area contributed by atoms with Crippen LogP contribution in [0.15, 0.2) is 30.5 Å². The number of Topliss-reactive ketones (excluding diaryl/α,β-unsaturated/α-hetero) is 1. The lowest BCUT2D eigenvalue weighted by Gasteiger charge is -2.16. The average molecular weight is 230 g/mol. The zero-order valence-electron chi connectivity index (χ0n) is 10.2. The highest BCUT2D eigenvalue weighted by atomic mass is 16.1. The van der Waals surface area contributed by atoms with Crippen LogP contribution in [0.2, 0.25) is 0 Å². The Kier molecular flexibility index (Phi) is 3.29. The van der Waals surface area contributed by atoms with E-state index >= 15 is 0 Å². The van der Waals surface area contributed by atoms with Crippen molar-refractivity contribution in [2.45, 2.75) is 13.8 Å². The van der Waals surface area contributed by atoms with E-state index in [0.29, 0.717) is 6.54 Å². The second-order valence-corrected chi connectivity index (χ2v) is 4.70. The highest BCUT2D eigenvalue weighted by molar-refractivity contribution is 6.09. The van der Waals surface area contributed by atoms with E-state index in [1.807, 2.05) is 38.1 Å². The topological polar surface area (TPSA) is 58.9 Å². The number of H-pyrrole nitrogens is 1. The zero-order chi connectivity index (χ0) is 12.4. The standard InChI is InChI=1S/C14H18N2O/c1-9(2)11(7-15)14(17)12-8-16-13-6-4-3-5-10(12)13/h3-6,8-9,11,16H,7,15H2,1-2H3. The molecule has 17 heavy (non-hydrogen) atoms. The van der Waals surface area contributed by atoms with Crippen molar-refractivity contribution in [3.8, 4) is 0 Å². The predicted octanol–water partition coefficient (Wildman–Crippen LogP) is 2.58. The van der Waals surface area contributed by atoms with Crippen LogP contribution in [0, 0.1) is 11.8 Å². The molecule has 0 saturated heterocycles. The van der Waals surface area contributed by atoms with Crippen molar-refractivity contribution in [2.24, 2.45) is 17.6 Å². The molecule has 1 unspecified atom stereocenters. The molecular formula is C14H18N2O. The first-order valence-corrected chi connectivity index (χ1v) is 5.95. The fraction of sp³-hybridized carbons (Fsp3) is 0.357. The van der Waals surface area contributed by atoms with Crippen LogP contribution < -0.4 is 5.73 Å². The number of hydrogen-bond acceptors (Lipinski definition) is 2. The summed E-state index contributed by atoms with van der Waals surface area (Å²) in [4.78, 5) is 15.5. The summed E-state index contributed by atoms with van der Waals surface area (Å²) < 4.78 is 0. The van der Waals surface area contributed by atoms with Crippen molar-refractivity contribution in [2.75, 3.05) is 6.54 Å². The van der Waals surface area contributed by atoms with Gasteiger partial charge in [-0.3, -0.25) is 4.79 Å². The van der Waals surface area contributed by atoms with Gasteiger partial charge in [-0.1, -0.05) is 32.0 Å². The molecule has 2 aromatic rings. The summed E-state index contributed by atoms with van der Waals surface area (Å²) in [6, 6.07) is 7.83. The Balaban J connectivity index is 2.43. The lowest BCUT2D eigenvalue weighted by atomic mass is 9.88. The van der Waals surface area contributed by atoms with Crippen molar-refractivity contribution in [3.63, 3.8) is 0 Å². The van der Waals surface area contributed by atoms with Gasteiger partial charge in [0.25, 0.3) is 0 Å². The Morgan fingerprint density at radius 3 is 2.71 bits per heavy atom. The summed E-state index contributed by atoms with van der Waals surface area (Å²) in [5.41, 5.74) is 7.44. The maximum atomic E-state index is 12.4. The number of ketones is 1. The number of carbonyl (C=O) groups excluding carboxylic acids is 1. The third-order valence-corrected chi connectivity index (χ3v) is 3.25. The molecule has 0 saturated carbocycles. The molecule has 0 aliphatic carbocycles. The van der Waals surface area contributed by atoms with Crippen molar-refractivity contribution in [1.29, 1.82) is 0 Å². The maximum Gasteiger partial charge on any atom is 0.169 e. The summed E-state index contributed by atoms with van der Waals surface area (Å²) in [5.74, 6) is 0.301. The van der Waals surface area contributed by atoms with Crippen molar-refractivity contribution < 1.29 is 4.79 Å². The maximum absolute atomic E-state index is 12.4. The van der Waals surface area contributed by atoms with E-state index in [1.165, 1.54) is 0 Å². The number of rotatable bonds is 4. The molecule has 0 fully saturated rings. The Hall–Kier alpha value is -1.61. The summed E-state index contributed by atoms with van der Waals surface area (Å²) in [7, 11) is 0. The lowest BCUT2D eigenvalue weighted by Crippen LogP contribution is -2.28. The number of aromatic nitrogens is 1.